The molecule has 1 saturated carbocycles. The monoisotopic (exact) mass is 376 g/mol. The first-order valence-corrected chi connectivity index (χ1v) is 10.3. The first-order chi connectivity index (χ1) is 13.2. The van der Waals surface area contributed by atoms with Crippen molar-refractivity contribution in [3.8, 4) is 0 Å². The summed E-state index contributed by atoms with van der Waals surface area (Å²) in [5.74, 6) is 0.538. The van der Waals surface area contributed by atoms with Crippen molar-refractivity contribution in [2.75, 3.05) is 0 Å². The van der Waals surface area contributed by atoms with Crippen molar-refractivity contribution >= 4 is 17.2 Å². The lowest BCUT2D eigenvalue weighted by Gasteiger charge is -2.07. The van der Waals surface area contributed by atoms with Crippen LogP contribution < -0.4 is 10.6 Å². The summed E-state index contributed by atoms with van der Waals surface area (Å²) in [5, 5.41) is 8.82. The molecule has 4 rings (SSSR count). The summed E-state index contributed by atoms with van der Waals surface area (Å²) in [5.41, 5.74) is 4.48. The van der Waals surface area contributed by atoms with Crippen LogP contribution in [0.15, 0.2) is 66.0 Å². The van der Waals surface area contributed by atoms with E-state index >= 15 is 0 Å². The molecular formula is C23H24N2OS. The molecule has 1 fully saturated rings. The van der Waals surface area contributed by atoms with Gasteiger partial charge in [0.1, 0.15) is 0 Å². The maximum absolute atomic E-state index is 12.3. The zero-order chi connectivity index (χ0) is 18.6. The van der Waals surface area contributed by atoms with Crippen LogP contribution in [0, 0.1) is 6.92 Å². The number of amides is 1. The first-order valence-electron chi connectivity index (χ1n) is 9.38. The minimum Gasteiger partial charge on any atom is -0.348 e. The number of carbonyl (C=O) groups is 1. The number of hydrogen-bond acceptors (Lipinski definition) is 3. The van der Waals surface area contributed by atoms with E-state index in [0.717, 1.165) is 12.1 Å². The third-order valence-corrected chi connectivity index (χ3v) is 6.07. The molecule has 138 valence electrons. The van der Waals surface area contributed by atoms with Gasteiger partial charge in [-0.3, -0.25) is 4.79 Å². The second-order valence-corrected chi connectivity index (χ2v) is 8.21. The van der Waals surface area contributed by atoms with Gasteiger partial charge in [-0.1, -0.05) is 42.5 Å². The molecule has 0 spiro atoms. The molecule has 2 atom stereocenters. The summed E-state index contributed by atoms with van der Waals surface area (Å²) in [6.45, 7) is 3.63. The fourth-order valence-electron chi connectivity index (χ4n) is 3.37. The van der Waals surface area contributed by atoms with Gasteiger partial charge < -0.3 is 10.6 Å². The van der Waals surface area contributed by atoms with Crippen molar-refractivity contribution < 1.29 is 4.79 Å². The largest absolute Gasteiger partial charge is 0.348 e. The van der Waals surface area contributed by atoms with Crippen molar-refractivity contribution in [1.29, 1.82) is 0 Å². The predicted molar refractivity (Wildman–Crippen MR) is 111 cm³/mol. The Morgan fingerprint density at radius 2 is 1.85 bits per heavy atom. The predicted octanol–water partition coefficient (Wildman–Crippen LogP) is 4.63. The summed E-state index contributed by atoms with van der Waals surface area (Å²) in [6.07, 6.45) is 1.17. The summed E-state index contributed by atoms with van der Waals surface area (Å²) in [6, 6.07) is 20.8. The average Bonchev–Trinajstić information content (AvgIpc) is 3.37. The molecule has 4 heteroatoms. The van der Waals surface area contributed by atoms with Crippen LogP contribution >= 0.6 is 11.3 Å². The van der Waals surface area contributed by atoms with Crippen molar-refractivity contribution in [2.24, 2.45) is 0 Å². The van der Waals surface area contributed by atoms with Gasteiger partial charge in [-0.25, -0.2) is 0 Å². The quantitative estimate of drug-likeness (QED) is 0.631. The highest BCUT2D eigenvalue weighted by atomic mass is 32.1. The summed E-state index contributed by atoms with van der Waals surface area (Å²) in [7, 11) is 0. The van der Waals surface area contributed by atoms with Gasteiger partial charge in [0.15, 0.2) is 0 Å². The number of hydrogen-bond donors (Lipinski definition) is 2. The molecule has 27 heavy (non-hydrogen) atoms. The Morgan fingerprint density at radius 1 is 1.07 bits per heavy atom. The number of nitrogens with one attached hydrogen (secondary N) is 2. The van der Waals surface area contributed by atoms with E-state index in [-0.39, 0.29) is 5.91 Å². The number of carbonyl (C=O) groups excluding carboxylic acids is 1. The fourth-order valence-corrected chi connectivity index (χ4v) is 4.19. The van der Waals surface area contributed by atoms with Crippen LogP contribution in [0.1, 0.15) is 44.3 Å². The lowest BCUT2D eigenvalue weighted by Crippen LogP contribution is -2.22. The fraction of sp³-hybridized carbons (Fsp3) is 0.261. The smallest absolute Gasteiger partial charge is 0.251 e. The summed E-state index contributed by atoms with van der Waals surface area (Å²) >= 11 is 1.82. The van der Waals surface area contributed by atoms with E-state index in [1.807, 2.05) is 53.8 Å². The molecule has 1 amide bonds. The van der Waals surface area contributed by atoms with Gasteiger partial charge in [0.2, 0.25) is 0 Å². The molecule has 1 aliphatic carbocycles. The minimum absolute atomic E-state index is 0.0241. The van der Waals surface area contributed by atoms with Crippen LogP contribution in [0.2, 0.25) is 0 Å². The Hall–Kier alpha value is -2.43. The molecule has 1 aliphatic rings. The molecule has 3 aromatic rings. The second-order valence-electron chi connectivity index (χ2n) is 7.21. The van der Waals surface area contributed by atoms with Gasteiger partial charge in [0.05, 0.1) is 0 Å². The zero-order valence-corrected chi connectivity index (χ0v) is 16.3. The van der Waals surface area contributed by atoms with Crippen LogP contribution in [0.25, 0.3) is 0 Å². The van der Waals surface area contributed by atoms with E-state index in [1.54, 1.807) is 0 Å². The normalized spacial score (nSPS) is 18.3. The van der Waals surface area contributed by atoms with Gasteiger partial charge in [-0.15, -0.1) is 11.3 Å². The Balaban J connectivity index is 1.27. The Bertz CT molecular complexity index is 902. The molecule has 1 aromatic heterocycles. The summed E-state index contributed by atoms with van der Waals surface area (Å²) < 4.78 is 0. The van der Waals surface area contributed by atoms with Gasteiger partial charge in [-0.05, 0) is 53.6 Å². The third-order valence-electron chi connectivity index (χ3n) is 5.01. The molecule has 0 aliphatic heterocycles. The van der Waals surface area contributed by atoms with Crippen molar-refractivity contribution in [3.05, 3.63) is 93.2 Å². The van der Waals surface area contributed by atoms with E-state index in [2.05, 4.69) is 41.1 Å². The van der Waals surface area contributed by atoms with Crippen LogP contribution in [-0.2, 0) is 13.1 Å². The molecule has 3 nitrogen and oxygen atoms in total. The number of rotatable bonds is 7. The Labute approximate surface area is 164 Å². The van der Waals surface area contributed by atoms with E-state index in [0.29, 0.717) is 24.1 Å². The van der Waals surface area contributed by atoms with Gasteiger partial charge >= 0.3 is 0 Å². The van der Waals surface area contributed by atoms with E-state index in [4.69, 9.17) is 0 Å². The third kappa shape index (κ3) is 4.65. The van der Waals surface area contributed by atoms with Crippen LogP contribution in [-0.4, -0.2) is 11.9 Å². The van der Waals surface area contributed by atoms with Crippen molar-refractivity contribution in [3.63, 3.8) is 0 Å². The molecule has 0 unspecified atom stereocenters. The van der Waals surface area contributed by atoms with Gasteiger partial charge in [-0.2, -0.15) is 0 Å². The maximum Gasteiger partial charge on any atom is 0.251 e. The zero-order valence-electron chi connectivity index (χ0n) is 15.4. The summed E-state index contributed by atoms with van der Waals surface area (Å²) in [4.78, 5) is 13.7. The first kappa shape index (κ1) is 18.0. The topological polar surface area (TPSA) is 41.1 Å². The van der Waals surface area contributed by atoms with Crippen LogP contribution in [0.3, 0.4) is 0 Å². The number of thiophene rings is 1. The second kappa shape index (κ2) is 8.07. The van der Waals surface area contributed by atoms with Crippen molar-refractivity contribution in [2.45, 2.75) is 38.4 Å². The van der Waals surface area contributed by atoms with Gasteiger partial charge in [0.25, 0.3) is 5.91 Å². The molecule has 0 saturated heterocycles. The number of benzene rings is 2. The maximum atomic E-state index is 12.3. The molecular weight excluding hydrogens is 352 g/mol. The Kier molecular flexibility index (Phi) is 5.37. The average molecular weight is 377 g/mol. The van der Waals surface area contributed by atoms with Gasteiger partial charge in [0, 0.05) is 35.5 Å². The van der Waals surface area contributed by atoms with E-state index in [9.17, 15) is 4.79 Å². The van der Waals surface area contributed by atoms with E-state index < -0.39 is 0 Å². The number of aryl methyl sites for hydroxylation is 1. The lowest BCUT2D eigenvalue weighted by atomic mass is 10.1. The lowest BCUT2D eigenvalue weighted by molar-refractivity contribution is 0.0951. The Morgan fingerprint density at radius 3 is 2.56 bits per heavy atom. The molecule has 2 N–H and O–H groups in total. The van der Waals surface area contributed by atoms with Crippen molar-refractivity contribution in [1.82, 2.24) is 10.6 Å². The highest BCUT2D eigenvalue weighted by Crippen LogP contribution is 2.41. The molecule has 0 bridgehead atoms. The van der Waals surface area contributed by atoms with E-state index in [1.165, 1.54) is 22.4 Å². The molecule has 1 heterocycles. The standard InChI is InChI=1S/C23H24N2OS/c1-16-11-20(27-15-16)14-24-22-12-21(22)18-7-9-19(10-8-18)23(26)25-13-17-5-3-2-4-6-17/h2-11,15,21-22,24H,12-14H2,1H3,(H,25,26)/t21-,22+/m0/s1. The molecule has 0 radical (unpaired) electrons. The highest BCUT2D eigenvalue weighted by molar-refractivity contribution is 7.10. The van der Waals surface area contributed by atoms with Crippen LogP contribution in [0.5, 0.6) is 0 Å². The van der Waals surface area contributed by atoms with Crippen LogP contribution in [0.4, 0.5) is 0 Å². The highest BCUT2D eigenvalue weighted by Gasteiger charge is 2.37. The SMILES string of the molecule is Cc1csc(CN[C@@H]2C[C@H]2c2ccc(C(=O)NCc3ccccc3)cc2)c1. The molecule has 2 aromatic carbocycles. The minimum atomic E-state index is -0.0241.